The first kappa shape index (κ1) is 23.0. The van der Waals surface area contributed by atoms with E-state index in [0.717, 1.165) is 5.70 Å². The average Bonchev–Trinajstić information content (AvgIpc) is 2.84. The first-order valence-corrected chi connectivity index (χ1v) is 11.0. The summed E-state index contributed by atoms with van der Waals surface area (Å²) in [7, 11) is 1.57. The molecule has 1 heterocycles. The molecule has 0 amide bonds. The minimum Gasteiger partial charge on any atom is -0.497 e. The molecule has 0 spiro atoms. The van der Waals surface area contributed by atoms with Gasteiger partial charge in [-0.3, -0.25) is 19.8 Å². The van der Waals surface area contributed by atoms with Crippen molar-refractivity contribution in [3.63, 3.8) is 0 Å². The number of non-ortho nitro benzene ring substituents is 1. The third-order valence-corrected chi connectivity index (χ3v) is 6.06. The Balaban J connectivity index is 1.94. The number of nitrogens with zero attached hydrogens (tertiary/aromatic N) is 2. The molecule has 9 heteroatoms. The number of hydrogen-bond donors (Lipinski definition) is 1. The number of methoxy groups -OCH3 is 1. The van der Waals surface area contributed by atoms with Gasteiger partial charge in [-0.1, -0.05) is 12.1 Å². The molecule has 34 heavy (non-hydrogen) atoms. The molecular formula is C25H25N3O6. The number of Topliss-reactive ketones (excluding diaryl/α,β-unsaturated/α-hetero) is 1. The highest BCUT2D eigenvalue weighted by atomic mass is 16.6. The Morgan fingerprint density at radius 3 is 2.41 bits per heavy atom. The number of anilines is 1. The Morgan fingerprint density at radius 2 is 1.82 bits per heavy atom. The fourth-order valence-electron chi connectivity index (χ4n) is 4.54. The van der Waals surface area contributed by atoms with Gasteiger partial charge in [0.05, 0.1) is 30.1 Å². The Hall–Kier alpha value is -4.14. The van der Waals surface area contributed by atoms with Crippen LogP contribution in [0.3, 0.4) is 0 Å². The van der Waals surface area contributed by atoms with Gasteiger partial charge >= 0.3 is 5.97 Å². The van der Waals surface area contributed by atoms with Gasteiger partial charge in [0.15, 0.2) is 5.78 Å². The molecule has 0 aromatic heterocycles. The molecule has 176 valence electrons. The van der Waals surface area contributed by atoms with Gasteiger partial charge in [0.1, 0.15) is 11.6 Å². The predicted molar refractivity (Wildman–Crippen MR) is 125 cm³/mol. The molecule has 2 N–H and O–H groups in total. The summed E-state index contributed by atoms with van der Waals surface area (Å²) in [6, 6.07) is 13.0. The SMILES string of the molecule is CCOC(=O)C1=C(N)N(c2ccc(OC)cc2)C2=C(C(=O)CCC2)[C@@H]1c1ccc([N+](=O)[O-])cc1. The molecule has 0 saturated carbocycles. The lowest BCUT2D eigenvalue weighted by atomic mass is 9.75. The number of nitrogens with two attached hydrogens (primary N) is 1. The number of esters is 1. The fourth-order valence-corrected chi connectivity index (χ4v) is 4.54. The normalized spacial score (nSPS) is 18.0. The van der Waals surface area contributed by atoms with Crippen LogP contribution in [0.1, 0.15) is 37.7 Å². The molecule has 2 aromatic carbocycles. The first-order chi connectivity index (χ1) is 16.4. The van der Waals surface area contributed by atoms with E-state index in [1.54, 1.807) is 43.2 Å². The summed E-state index contributed by atoms with van der Waals surface area (Å²) in [5.41, 5.74) is 9.12. The highest BCUT2D eigenvalue weighted by Crippen LogP contribution is 2.47. The smallest absolute Gasteiger partial charge is 0.338 e. The number of ketones is 1. The zero-order valence-electron chi connectivity index (χ0n) is 18.9. The zero-order chi connectivity index (χ0) is 24.4. The molecule has 1 aliphatic carbocycles. The molecule has 2 aromatic rings. The lowest BCUT2D eigenvalue weighted by Gasteiger charge is -2.40. The van der Waals surface area contributed by atoms with Crippen LogP contribution in [-0.2, 0) is 14.3 Å². The monoisotopic (exact) mass is 463 g/mol. The maximum absolute atomic E-state index is 13.3. The molecule has 0 unspecified atom stereocenters. The molecule has 0 radical (unpaired) electrons. The van der Waals surface area contributed by atoms with Gasteiger partial charge in [-0.15, -0.1) is 0 Å². The summed E-state index contributed by atoms with van der Waals surface area (Å²) in [5, 5.41) is 11.1. The number of hydrogen-bond acceptors (Lipinski definition) is 8. The summed E-state index contributed by atoms with van der Waals surface area (Å²) in [6.07, 6.45) is 1.58. The van der Waals surface area contributed by atoms with Gasteiger partial charge in [0, 0.05) is 35.5 Å². The second-order valence-electron chi connectivity index (χ2n) is 7.97. The molecule has 9 nitrogen and oxygen atoms in total. The van der Waals surface area contributed by atoms with E-state index in [4.69, 9.17) is 15.2 Å². The van der Waals surface area contributed by atoms with Crippen LogP contribution in [0.15, 0.2) is 71.2 Å². The van der Waals surface area contributed by atoms with Gasteiger partial charge in [-0.05, 0) is 49.6 Å². The summed E-state index contributed by atoms with van der Waals surface area (Å²) in [4.78, 5) is 38.8. The number of ether oxygens (including phenoxy) is 2. The quantitative estimate of drug-likeness (QED) is 0.388. The van der Waals surface area contributed by atoms with E-state index in [1.807, 2.05) is 12.1 Å². The Labute approximate surface area is 196 Å². The topological polar surface area (TPSA) is 125 Å². The van der Waals surface area contributed by atoms with Crippen molar-refractivity contribution in [2.24, 2.45) is 5.73 Å². The fraction of sp³-hybridized carbons (Fsp3) is 0.280. The number of carbonyl (C=O) groups excluding carboxylic acids is 2. The van der Waals surface area contributed by atoms with Crippen LogP contribution < -0.4 is 15.4 Å². The molecular weight excluding hydrogens is 438 g/mol. The maximum atomic E-state index is 13.3. The minimum absolute atomic E-state index is 0.0850. The predicted octanol–water partition coefficient (Wildman–Crippen LogP) is 3.95. The Morgan fingerprint density at radius 1 is 1.15 bits per heavy atom. The highest BCUT2D eigenvalue weighted by Gasteiger charge is 2.43. The maximum Gasteiger partial charge on any atom is 0.338 e. The molecule has 0 bridgehead atoms. The van der Waals surface area contributed by atoms with Gasteiger partial charge in [0.2, 0.25) is 0 Å². The van der Waals surface area contributed by atoms with Gasteiger partial charge in [0.25, 0.3) is 5.69 Å². The van der Waals surface area contributed by atoms with Crippen molar-refractivity contribution in [3.8, 4) is 5.75 Å². The van der Waals surface area contributed by atoms with E-state index >= 15 is 0 Å². The van der Waals surface area contributed by atoms with E-state index < -0.39 is 16.8 Å². The van der Waals surface area contributed by atoms with Crippen LogP contribution in [-0.4, -0.2) is 30.4 Å². The van der Waals surface area contributed by atoms with E-state index in [9.17, 15) is 19.7 Å². The van der Waals surface area contributed by atoms with Crippen LogP contribution in [0.5, 0.6) is 5.75 Å². The van der Waals surface area contributed by atoms with Crippen LogP contribution in [0, 0.1) is 10.1 Å². The largest absolute Gasteiger partial charge is 0.497 e. The minimum atomic E-state index is -0.780. The van der Waals surface area contributed by atoms with Crippen molar-refractivity contribution < 1.29 is 24.0 Å². The second-order valence-corrected chi connectivity index (χ2v) is 7.97. The number of allylic oxidation sites excluding steroid dienone is 2. The van der Waals surface area contributed by atoms with Gasteiger partial charge in [-0.25, -0.2) is 4.79 Å². The molecule has 0 saturated heterocycles. The molecule has 2 aliphatic rings. The molecule has 1 aliphatic heterocycles. The van der Waals surface area contributed by atoms with Crippen molar-refractivity contribution in [2.75, 3.05) is 18.6 Å². The average molecular weight is 463 g/mol. The lowest BCUT2D eigenvalue weighted by Crippen LogP contribution is -2.41. The molecule has 0 fully saturated rings. The standard InChI is InChI=1S/C25H25N3O6/c1-3-34-25(30)23-21(15-7-9-17(10-8-15)28(31)32)22-19(5-4-6-20(22)29)27(24(23)26)16-11-13-18(33-2)14-12-16/h7-14,21H,3-6,26H2,1-2H3/t21-/m0/s1. The Bertz CT molecular complexity index is 1200. The third kappa shape index (κ3) is 4.00. The summed E-state index contributed by atoms with van der Waals surface area (Å²) < 4.78 is 10.6. The lowest BCUT2D eigenvalue weighted by molar-refractivity contribution is -0.384. The first-order valence-electron chi connectivity index (χ1n) is 11.0. The summed E-state index contributed by atoms with van der Waals surface area (Å²) >= 11 is 0. The number of benzene rings is 2. The van der Waals surface area contributed by atoms with E-state index in [1.165, 1.54) is 12.1 Å². The summed E-state index contributed by atoms with van der Waals surface area (Å²) in [6.45, 7) is 1.82. The van der Waals surface area contributed by atoms with Crippen LogP contribution in [0.25, 0.3) is 0 Å². The Kier molecular flexibility index (Phi) is 6.36. The molecule has 1 atom stereocenters. The zero-order valence-corrected chi connectivity index (χ0v) is 18.9. The van der Waals surface area contributed by atoms with Crippen molar-refractivity contribution in [2.45, 2.75) is 32.1 Å². The highest BCUT2D eigenvalue weighted by molar-refractivity contribution is 6.05. The van der Waals surface area contributed by atoms with Crippen LogP contribution in [0.2, 0.25) is 0 Å². The number of nitro groups is 1. The van der Waals surface area contributed by atoms with Crippen molar-refractivity contribution in [1.29, 1.82) is 0 Å². The third-order valence-electron chi connectivity index (χ3n) is 6.06. The number of nitro benzene ring substituents is 1. The van der Waals surface area contributed by atoms with Gasteiger partial charge < -0.3 is 15.2 Å². The van der Waals surface area contributed by atoms with Crippen molar-refractivity contribution in [1.82, 2.24) is 0 Å². The number of rotatable bonds is 6. The van der Waals surface area contributed by atoms with E-state index in [-0.39, 0.29) is 29.5 Å². The second kappa shape index (κ2) is 9.38. The van der Waals surface area contributed by atoms with Crippen LogP contribution in [0.4, 0.5) is 11.4 Å². The number of carbonyl (C=O) groups is 2. The molecule has 4 rings (SSSR count). The summed E-state index contributed by atoms with van der Waals surface area (Å²) in [5.74, 6) is -0.673. The van der Waals surface area contributed by atoms with Crippen LogP contribution >= 0.6 is 0 Å². The van der Waals surface area contributed by atoms with Crippen molar-refractivity contribution >= 4 is 23.1 Å². The van der Waals surface area contributed by atoms with E-state index in [2.05, 4.69) is 0 Å². The van der Waals surface area contributed by atoms with Crippen molar-refractivity contribution in [3.05, 3.63) is 86.9 Å². The van der Waals surface area contributed by atoms with Gasteiger partial charge in [-0.2, -0.15) is 0 Å². The van der Waals surface area contributed by atoms with E-state index in [0.29, 0.717) is 41.8 Å².